The highest BCUT2D eigenvalue weighted by molar-refractivity contribution is 7.99. The largest absolute Gasteiger partial charge is 0.480 e. The Labute approximate surface area is 155 Å². The molecule has 0 spiro atoms. The lowest BCUT2D eigenvalue weighted by atomic mass is 9.94. The van der Waals surface area contributed by atoms with Gasteiger partial charge >= 0.3 is 5.97 Å². The fraction of sp³-hybridized carbons (Fsp3) is 0.190. The van der Waals surface area contributed by atoms with Crippen LogP contribution in [0.2, 0.25) is 0 Å². The molecule has 1 aliphatic heterocycles. The highest BCUT2D eigenvalue weighted by Gasteiger charge is 2.22. The second-order valence-electron chi connectivity index (χ2n) is 6.35. The van der Waals surface area contributed by atoms with Gasteiger partial charge in [0.05, 0.1) is 0 Å². The Morgan fingerprint density at radius 3 is 2.88 bits per heavy atom. The molecule has 1 N–H and O–H groups in total. The molecule has 5 heteroatoms. The lowest BCUT2D eigenvalue weighted by molar-refractivity contribution is -0.137. The first kappa shape index (κ1) is 16.9. The maximum atomic E-state index is 14.0. The molecular formula is C21H18FNO2S. The normalized spacial score (nSPS) is 14.0. The van der Waals surface area contributed by atoms with Gasteiger partial charge in [0, 0.05) is 32.8 Å². The number of allylic oxidation sites excluding steroid dienone is 1. The summed E-state index contributed by atoms with van der Waals surface area (Å²) in [4.78, 5) is 12.6. The van der Waals surface area contributed by atoms with Crippen molar-refractivity contribution in [2.75, 3.05) is 5.75 Å². The average Bonchev–Trinajstić information content (AvgIpc) is 2.76. The summed E-state index contributed by atoms with van der Waals surface area (Å²) in [5, 5.41) is 10.1. The number of rotatable bonds is 3. The standard InChI is InChI=1S/C21H18FNO2S/c1-13-21(16-6-4-10-26-19-7-3-2-5-15(16)19)17-11-14(22)8-9-18(17)23(13)12-20(24)25/h2-3,5-9,11H,4,10,12H2,1H3,(H,24,25). The summed E-state index contributed by atoms with van der Waals surface area (Å²) in [5.41, 5.74) is 4.70. The molecule has 0 saturated carbocycles. The zero-order valence-corrected chi connectivity index (χ0v) is 15.1. The van der Waals surface area contributed by atoms with Crippen LogP contribution in [0.1, 0.15) is 23.2 Å². The van der Waals surface area contributed by atoms with Crippen LogP contribution in [-0.2, 0) is 11.3 Å². The monoisotopic (exact) mass is 367 g/mol. The molecule has 0 fully saturated rings. The molecule has 4 rings (SSSR count). The number of hydrogen-bond acceptors (Lipinski definition) is 2. The molecule has 3 nitrogen and oxygen atoms in total. The van der Waals surface area contributed by atoms with Crippen molar-refractivity contribution in [3.05, 3.63) is 71.2 Å². The third-order valence-electron chi connectivity index (χ3n) is 4.75. The average molecular weight is 367 g/mol. The van der Waals surface area contributed by atoms with Gasteiger partial charge in [-0.05, 0) is 48.7 Å². The Morgan fingerprint density at radius 1 is 1.27 bits per heavy atom. The van der Waals surface area contributed by atoms with Crippen molar-refractivity contribution in [1.82, 2.24) is 4.57 Å². The summed E-state index contributed by atoms with van der Waals surface area (Å²) in [6, 6.07) is 12.8. The Balaban J connectivity index is 2.03. The predicted molar refractivity (Wildman–Crippen MR) is 103 cm³/mol. The Bertz CT molecular complexity index is 1050. The van der Waals surface area contributed by atoms with Crippen molar-refractivity contribution < 1.29 is 14.3 Å². The van der Waals surface area contributed by atoms with Crippen LogP contribution in [0.15, 0.2) is 53.4 Å². The SMILES string of the molecule is Cc1c(C2=CCCSc3ccccc32)c2cc(F)ccc2n1CC(=O)O. The van der Waals surface area contributed by atoms with Crippen molar-refractivity contribution >= 4 is 34.2 Å². The molecule has 1 aliphatic rings. The molecular weight excluding hydrogens is 349 g/mol. The smallest absolute Gasteiger partial charge is 0.323 e. The van der Waals surface area contributed by atoms with Gasteiger partial charge in [-0.1, -0.05) is 24.3 Å². The number of hydrogen-bond donors (Lipinski definition) is 1. The maximum Gasteiger partial charge on any atom is 0.323 e. The second-order valence-corrected chi connectivity index (χ2v) is 7.49. The predicted octanol–water partition coefficient (Wildman–Crippen LogP) is 5.10. The molecule has 132 valence electrons. The van der Waals surface area contributed by atoms with E-state index in [2.05, 4.69) is 18.2 Å². The van der Waals surface area contributed by atoms with Gasteiger partial charge in [0.25, 0.3) is 0 Å². The number of carboxylic acids is 1. The van der Waals surface area contributed by atoms with Crippen molar-refractivity contribution in [1.29, 1.82) is 0 Å². The third-order valence-corrected chi connectivity index (χ3v) is 5.86. The molecule has 0 bridgehead atoms. The molecule has 26 heavy (non-hydrogen) atoms. The van der Waals surface area contributed by atoms with Gasteiger partial charge in [-0.25, -0.2) is 4.39 Å². The fourth-order valence-electron chi connectivity index (χ4n) is 3.67. The summed E-state index contributed by atoms with van der Waals surface area (Å²) in [5.74, 6) is -0.239. The van der Waals surface area contributed by atoms with E-state index in [0.29, 0.717) is 0 Å². The minimum absolute atomic E-state index is 0.141. The first-order chi connectivity index (χ1) is 12.6. The van der Waals surface area contributed by atoms with Gasteiger partial charge < -0.3 is 9.67 Å². The van der Waals surface area contributed by atoms with Gasteiger partial charge in [0.1, 0.15) is 12.4 Å². The zero-order valence-electron chi connectivity index (χ0n) is 14.3. The van der Waals surface area contributed by atoms with Crippen LogP contribution in [0, 0.1) is 12.7 Å². The molecule has 0 saturated heterocycles. The molecule has 3 aromatic rings. The number of halogens is 1. The molecule has 2 aromatic carbocycles. The van der Waals surface area contributed by atoms with Crippen LogP contribution in [-0.4, -0.2) is 21.4 Å². The van der Waals surface area contributed by atoms with Gasteiger partial charge in [-0.2, -0.15) is 0 Å². The van der Waals surface area contributed by atoms with Gasteiger partial charge in [0.15, 0.2) is 0 Å². The van der Waals surface area contributed by atoms with Crippen LogP contribution in [0.4, 0.5) is 4.39 Å². The molecule has 0 radical (unpaired) electrons. The number of carboxylic acid groups (broad SMARTS) is 1. The van der Waals surface area contributed by atoms with E-state index in [1.165, 1.54) is 17.0 Å². The van der Waals surface area contributed by atoms with Crippen molar-refractivity contribution in [2.45, 2.75) is 24.8 Å². The van der Waals surface area contributed by atoms with E-state index in [0.717, 1.165) is 45.5 Å². The van der Waals surface area contributed by atoms with Crippen molar-refractivity contribution in [3.8, 4) is 0 Å². The minimum atomic E-state index is -0.910. The summed E-state index contributed by atoms with van der Waals surface area (Å²) in [7, 11) is 0. The number of carbonyl (C=O) groups is 1. The summed E-state index contributed by atoms with van der Waals surface area (Å²) < 4.78 is 15.8. The topological polar surface area (TPSA) is 42.2 Å². The molecule has 1 aromatic heterocycles. The van der Waals surface area contributed by atoms with Crippen LogP contribution in [0.25, 0.3) is 16.5 Å². The number of nitrogens with zero attached hydrogens (tertiary/aromatic N) is 1. The Morgan fingerprint density at radius 2 is 2.08 bits per heavy atom. The molecule has 0 atom stereocenters. The molecule has 2 heterocycles. The number of fused-ring (bicyclic) bond motifs is 2. The van der Waals surface area contributed by atoms with E-state index in [-0.39, 0.29) is 12.4 Å². The van der Waals surface area contributed by atoms with E-state index in [9.17, 15) is 14.3 Å². The quantitative estimate of drug-likeness (QED) is 0.700. The highest BCUT2D eigenvalue weighted by Crippen LogP contribution is 2.41. The third kappa shape index (κ3) is 2.82. The first-order valence-electron chi connectivity index (χ1n) is 8.49. The molecule has 0 amide bonds. The number of aromatic nitrogens is 1. The van der Waals surface area contributed by atoms with Crippen molar-refractivity contribution in [2.24, 2.45) is 0 Å². The lowest BCUT2D eigenvalue weighted by Gasteiger charge is -2.12. The molecule has 0 aliphatic carbocycles. The summed E-state index contributed by atoms with van der Waals surface area (Å²) >= 11 is 1.81. The van der Waals surface area contributed by atoms with E-state index >= 15 is 0 Å². The summed E-state index contributed by atoms with van der Waals surface area (Å²) in [6.07, 6.45) is 3.10. The maximum absolute atomic E-state index is 14.0. The zero-order chi connectivity index (χ0) is 18.3. The van der Waals surface area contributed by atoms with E-state index in [4.69, 9.17) is 0 Å². The van der Waals surface area contributed by atoms with Gasteiger partial charge in [0.2, 0.25) is 0 Å². The van der Waals surface area contributed by atoms with Crippen LogP contribution in [0.3, 0.4) is 0 Å². The first-order valence-corrected chi connectivity index (χ1v) is 9.47. The Hall–Kier alpha value is -2.53. The van der Waals surface area contributed by atoms with E-state index < -0.39 is 5.97 Å². The summed E-state index contributed by atoms with van der Waals surface area (Å²) in [6.45, 7) is 1.77. The Kier molecular flexibility index (Phi) is 4.32. The van der Waals surface area contributed by atoms with Gasteiger partial charge in [-0.15, -0.1) is 11.8 Å². The number of benzene rings is 2. The van der Waals surface area contributed by atoms with Crippen molar-refractivity contribution in [3.63, 3.8) is 0 Å². The van der Waals surface area contributed by atoms with Crippen LogP contribution < -0.4 is 0 Å². The fourth-order valence-corrected chi connectivity index (χ4v) is 4.63. The van der Waals surface area contributed by atoms with Gasteiger partial charge in [-0.3, -0.25) is 4.79 Å². The number of aliphatic carboxylic acids is 1. The minimum Gasteiger partial charge on any atom is -0.480 e. The van der Waals surface area contributed by atoms with Crippen LogP contribution in [0.5, 0.6) is 0 Å². The number of thioether (sulfide) groups is 1. The highest BCUT2D eigenvalue weighted by atomic mass is 32.2. The molecule has 0 unspecified atom stereocenters. The van der Waals surface area contributed by atoms with E-state index in [1.807, 2.05) is 30.8 Å². The van der Waals surface area contributed by atoms with Crippen LogP contribution >= 0.6 is 11.8 Å². The second kappa shape index (κ2) is 6.65. The lowest BCUT2D eigenvalue weighted by Crippen LogP contribution is -2.10. The van der Waals surface area contributed by atoms with E-state index in [1.54, 1.807) is 10.6 Å².